The van der Waals surface area contributed by atoms with Gasteiger partial charge in [-0.25, -0.2) is 0 Å². The van der Waals surface area contributed by atoms with Crippen LogP contribution in [0, 0.1) is 11.8 Å². The van der Waals surface area contributed by atoms with E-state index in [0.29, 0.717) is 46.6 Å². The Morgan fingerprint density at radius 2 is 1.76 bits per heavy atom. The summed E-state index contributed by atoms with van der Waals surface area (Å²) in [6.45, 7) is 8.83. The van der Waals surface area contributed by atoms with E-state index < -0.39 is 6.04 Å². The predicted molar refractivity (Wildman–Crippen MR) is 162 cm³/mol. The van der Waals surface area contributed by atoms with Gasteiger partial charge in [0, 0.05) is 47.2 Å². The number of phenolic OH excluding ortho intramolecular Hbond substituents is 2. The van der Waals surface area contributed by atoms with Crippen LogP contribution >= 0.6 is 0 Å². The van der Waals surface area contributed by atoms with E-state index in [9.17, 15) is 19.8 Å². The Balaban J connectivity index is 1.55. The summed E-state index contributed by atoms with van der Waals surface area (Å²) in [4.78, 5) is 26.8. The van der Waals surface area contributed by atoms with Gasteiger partial charge >= 0.3 is 0 Å². The molecule has 3 aliphatic heterocycles. The van der Waals surface area contributed by atoms with Crippen LogP contribution in [0.1, 0.15) is 85.5 Å². The van der Waals surface area contributed by atoms with Gasteiger partial charge in [-0.2, -0.15) is 5.11 Å². The minimum absolute atomic E-state index is 0.00688. The number of amides is 1. The molecule has 0 bridgehead atoms. The Morgan fingerprint density at radius 1 is 1.00 bits per heavy atom. The van der Waals surface area contributed by atoms with Crippen molar-refractivity contribution in [2.75, 3.05) is 26.2 Å². The maximum atomic E-state index is 13.5. The predicted octanol–water partition coefficient (Wildman–Crippen LogP) is 4.61. The first-order chi connectivity index (χ1) is 20.3. The molecule has 5 N–H and O–H groups in total. The standard InChI is InChI=1S/C32H42N6O4/c1-4-34-32(42)26-13-19(11-22-14-21(7-10-35-22)31(41)20-5-8-33-9-6-20)12-25(30(26)27-17-36-38-37-27)24-15-23(18(2)3)28(39)16-29(24)40/h12-13,15-18,20-22,27,33,35,39-40H,4-11,14H2,1-3H3,(H,34,42). The molecule has 3 heterocycles. The van der Waals surface area contributed by atoms with Crippen molar-refractivity contribution in [1.29, 1.82) is 0 Å². The van der Waals surface area contributed by atoms with Crippen LogP contribution in [0.5, 0.6) is 11.5 Å². The van der Waals surface area contributed by atoms with Gasteiger partial charge in [0.25, 0.3) is 5.91 Å². The van der Waals surface area contributed by atoms with Crippen LogP contribution in [0.4, 0.5) is 0 Å². The number of aromatic hydroxyl groups is 2. The van der Waals surface area contributed by atoms with E-state index in [1.165, 1.54) is 6.07 Å². The van der Waals surface area contributed by atoms with Crippen LogP contribution in [0.15, 0.2) is 39.7 Å². The fourth-order valence-electron chi connectivity index (χ4n) is 6.57. The van der Waals surface area contributed by atoms with Crippen molar-refractivity contribution >= 4 is 17.9 Å². The molecule has 224 valence electrons. The van der Waals surface area contributed by atoms with Crippen molar-refractivity contribution in [3.05, 3.63) is 46.5 Å². The average molecular weight is 575 g/mol. The van der Waals surface area contributed by atoms with E-state index >= 15 is 0 Å². The minimum Gasteiger partial charge on any atom is -0.508 e. The molecule has 3 atom stereocenters. The number of carbonyl (C=O) groups is 2. The van der Waals surface area contributed by atoms with Gasteiger partial charge in [-0.05, 0) is 98.6 Å². The van der Waals surface area contributed by atoms with Crippen molar-refractivity contribution in [3.8, 4) is 22.6 Å². The molecule has 0 aliphatic carbocycles. The number of benzene rings is 2. The fourth-order valence-corrected chi connectivity index (χ4v) is 6.57. The maximum absolute atomic E-state index is 13.5. The normalized spacial score (nSPS) is 22.5. The Hall–Kier alpha value is -3.63. The fraction of sp³-hybridized carbons (Fsp3) is 0.531. The zero-order valence-corrected chi connectivity index (χ0v) is 24.7. The van der Waals surface area contributed by atoms with E-state index in [1.807, 2.05) is 32.9 Å². The Kier molecular flexibility index (Phi) is 9.33. The highest BCUT2D eigenvalue weighted by Crippen LogP contribution is 2.43. The number of carbonyl (C=O) groups excluding carboxylic acids is 2. The lowest BCUT2D eigenvalue weighted by Gasteiger charge is -2.33. The van der Waals surface area contributed by atoms with Crippen LogP contribution in [-0.4, -0.2) is 60.3 Å². The molecule has 3 unspecified atom stereocenters. The molecule has 2 aromatic carbocycles. The highest BCUT2D eigenvalue weighted by Gasteiger charge is 2.33. The zero-order valence-electron chi connectivity index (χ0n) is 24.7. The molecule has 2 aromatic rings. The van der Waals surface area contributed by atoms with Gasteiger partial charge in [0.15, 0.2) is 0 Å². The number of nitrogens with one attached hydrogen (secondary N) is 3. The highest BCUT2D eigenvalue weighted by atomic mass is 16.3. The number of hydrogen-bond donors (Lipinski definition) is 5. The molecule has 1 amide bonds. The van der Waals surface area contributed by atoms with E-state index in [-0.39, 0.29) is 41.2 Å². The first-order valence-electron chi connectivity index (χ1n) is 15.2. The molecular weight excluding hydrogens is 532 g/mol. The summed E-state index contributed by atoms with van der Waals surface area (Å²) in [6, 6.07) is 6.51. The van der Waals surface area contributed by atoms with Crippen LogP contribution in [0.25, 0.3) is 11.1 Å². The lowest BCUT2D eigenvalue weighted by atomic mass is 9.79. The zero-order chi connectivity index (χ0) is 29.8. The summed E-state index contributed by atoms with van der Waals surface area (Å²) in [7, 11) is 0. The van der Waals surface area contributed by atoms with Gasteiger partial charge in [0.1, 0.15) is 23.3 Å². The third-order valence-corrected chi connectivity index (χ3v) is 8.73. The Labute approximate surface area is 247 Å². The smallest absolute Gasteiger partial charge is 0.251 e. The summed E-state index contributed by atoms with van der Waals surface area (Å²) in [5.74, 6) is 0.254. The van der Waals surface area contributed by atoms with E-state index in [0.717, 1.165) is 50.9 Å². The molecule has 5 rings (SSSR count). The van der Waals surface area contributed by atoms with Gasteiger partial charge in [-0.3, -0.25) is 9.59 Å². The second-order valence-corrected chi connectivity index (χ2v) is 12.0. The van der Waals surface area contributed by atoms with E-state index in [2.05, 4.69) is 31.4 Å². The molecule has 0 aromatic heterocycles. The van der Waals surface area contributed by atoms with Crippen LogP contribution in [0.2, 0.25) is 0 Å². The number of phenols is 2. The molecule has 42 heavy (non-hydrogen) atoms. The Morgan fingerprint density at radius 3 is 2.45 bits per heavy atom. The van der Waals surface area contributed by atoms with Gasteiger partial charge in [0.2, 0.25) is 0 Å². The van der Waals surface area contributed by atoms with E-state index in [4.69, 9.17) is 0 Å². The van der Waals surface area contributed by atoms with Crippen LogP contribution in [-0.2, 0) is 11.2 Å². The van der Waals surface area contributed by atoms with Gasteiger partial charge in [0.05, 0.1) is 6.21 Å². The van der Waals surface area contributed by atoms with Crippen molar-refractivity contribution in [2.24, 2.45) is 27.3 Å². The maximum Gasteiger partial charge on any atom is 0.251 e. The summed E-state index contributed by atoms with van der Waals surface area (Å²) in [5, 5.41) is 43.5. The number of hydrogen-bond acceptors (Lipinski definition) is 9. The molecular formula is C32H42N6O4. The second kappa shape index (κ2) is 13.1. The van der Waals surface area contributed by atoms with E-state index in [1.54, 1.807) is 12.3 Å². The molecule has 2 fully saturated rings. The van der Waals surface area contributed by atoms with Gasteiger partial charge in [-0.15, -0.1) is 5.10 Å². The number of nitrogens with zero attached hydrogens (tertiary/aromatic N) is 3. The quantitative estimate of drug-likeness (QED) is 0.295. The molecule has 3 aliphatic rings. The minimum atomic E-state index is -0.595. The monoisotopic (exact) mass is 574 g/mol. The lowest BCUT2D eigenvalue weighted by Crippen LogP contribution is -2.44. The largest absolute Gasteiger partial charge is 0.508 e. The lowest BCUT2D eigenvalue weighted by molar-refractivity contribution is -0.128. The number of rotatable bonds is 9. The Bertz CT molecular complexity index is 1370. The number of ketones is 1. The highest BCUT2D eigenvalue weighted by molar-refractivity contribution is 6.00. The third kappa shape index (κ3) is 6.39. The van der Waals surface area contributed by atoms with Crippen molar-refractivity contribution in [3.63, 3.8) is 0 Å². The van der Waals surface area contributed by atoms with Gasteiger partial charge in [-0.1, -0.05) is 19.9 Å². The van der Waals surface area contributed by atoms with Crippen molar-refractivity contribution in [2.45, 2.75) is 70.9 Å². The molecule has 0 saturated carbocycles. The number of Topliss-reactive ketones (excluding diaryl/α,β-unsaturated/α-hetero) is 1. The first kappa shape index (κ1) is 29.8. The second-order valence-electron chi connectivity index (χ2n) is 12.0. The SMILES string of the molecule is CCNC(=O)c1cc(CC2CC(C(=O)C3CCNCC3)CCN2)cc(-c2cc(C(C)C)c(O)cc2O)c1C1C=NN=N1. The third-order valence-electron chi connectivity index (χ3n) is 8.73. The topological polar surface area (TPSA) is 148 Å². The summed E-state index contributed by atoms with van der Waals surface area (Å²) in [6.07, 6.45) is 5.61. The molecule has 2 saturated heterocycles. The van der Waals surface area contributed by atoms with Crippen molar-refractivity contribution in [1.82, 2.24) is 16.0 Å². The molecule has 0 spiro atoms. The van der Waals surface area contributed by atoms with Crippen molar-refractivity contribution < 1.29 is 19.8 Å². The van der Waals surface area contributed by atoms with Crippen LogP contribution in [0.3, 0.4) is 0 Å². The summed E-state index contributed by atoms with van der Waals surface area (Å²) < 4.78 is 0. The summed E-state index contributed by atoms with van der Waals surface area (Å²) >= 11 is 0. The molecule has 10 heteroatoms. The molecule has 0 radical (unpaired) electrons. The average Bonchev–Trinajstić information content (AvgIpc) is 3.52. The first-order valence-corrected chi connectivity index (χ1v) is 15.2. The van der Waals surface area contributed by atoms with Gasteiger partial charge < -0.3 is 26.2 Å². The van der Waals surface area contributed by atoms with Crippen LogP contribution < -0.4 is 16.0 Å². The summed E-state index contributed by atoms with van der Waals surface area (Å²) in [5.41, 5.74) is 3.79. The molecule has 10 nitrogen and oxygen atoms in total. The number of piperidine rings is 2.